The predicted molar refractivity (Wildman–Crippen MR) is 51.7 cm³/mol. The van der Waals surface area contributed by atoms with Crippen molar-refractivity contribution in [3.8, 4) is 6.07 Å². The Morgan fingerprint density at radius 2 is 2.20 bits per heavy atom. The summed E-state index contributed by atoms with van der Waals surface area (Å²) in [6.45, 7) is 0.428. The van der Waals surface area contributed by atoms with Crippen LogP contribution in [0.1, 0.15) is 10.4 Å². The first-order valence-electron chi connectivity index (χ1n) is 4.53. The lowest BCUT2D eigenvalue weighted by Gasteiger charge is -2.01. The van der Waals surface area contributed by atoms with Crippen LogP contribution in [-0.2, 0) is 6.54 Å². The van der Waals surface area contributed by atoms with Gasteiger partial charge in [-0.1, -0.05) is 0 Å². The third-order valence-corrected chi connectivity index (χ3v) is 1.80. The Hall–Kier alpha value is -1.93. The summed E-state index contributed by atoms with van der Waals surface area (Å²) in [5.74, 6) is -0.229. The number of amides is 1. The highest BCUT2D eigenvalue weighted by Gasteiger charge is 2.06. The zero-order valence-corrected chi connectivity index (χ0v) is 8.18. The predicted octanol–water partition coefficient (Wildman–Crippen LogP) is -0.780. The van der Waals surface area contributed by atoms with Gasteiger partial charge in [-0.25, -0.2) is 0 Å². The number of carbonyl (C=O) groups excluding carboxylic acids is 1. The van der Waals surface area contributed by atoms with Gasteiger partial charge in [0.1, 0.15) is 6.07 Å². The van der Waals surface area contributed by atoms with Crippen molar-refractivity contribution in [2.24, 2.45) is 0 Å². The minimum Gasteiger partial charge on any atom is -0.395 e. The van der Waals surface area contributed by atoms with Crippen LogP contribution < -0.4 is 9.88 Å². The Bertz CT molecular complexity index is 367. The first-order valence-corrected chi connectivity index (χ1v) is 4.53. The van der Waals surface area contributed by atoms with Crippen LogP contribution in [0.2, 0.25) is 0 Å². The standard InChI is InChI=1S/C10H11N3O2/c11-3-7-13-5-1-9(2-6-13)10(15)12-4-8-14/h1-2,5-6,14H,4,7-8H2/p+1. The van der Waals surface area contributed by atoms with Gasteiger partial charge in [0, 0.05) is 18.7 Å². The minimum atomic E-state index is -0.229. The normalized spacial score (nSPS) is 9.33. The summed E-state index contributed by atoms with van der Waals surface area (Å²) in [6, 6.07) is 5.25. The molecule has 0 radical (unpaired) electrons. The fraction of sp³-hybridized carbons (Fsp3) is 0.300. The Morgan fingerprint density at radius 3 is 2.73 bits per heavy atom. The van der Waals surface area contributed by atoms with E-state index in [2.05, 4.69) is 5.32 Å². The molecule has 0 saturated carbocycles. The van der Waals surface area contributed by atoms with Crippen LogP contribution in [0, 0.1) is 11.3 Å². The number of nitriles is 1. The third-order valence-electron chi connectivity index (χ3n) is 1.80. The second kappa shape index (κ2) is 5.73. The van der Waals surface area contributed by atoms with Gasteiger partial charge < -0.3 is 10.4 Å². The summed E-state index contributed by atoms with van der Waals surface area (Å²) in [6.07, 6.45) is 3.33. The van der Waals surface area contributed by atoms with Crippen LogP contribution in [0.25, 0.3) is 0 Å². The van der Waals surface area contributed by atoms with Gasteiger partial charge in [0.05, 0.1) is 12.2 Å². The number of aliphatic hydroxyl groups excluding tert-OH is 1. The largest absolute Gasteiger partial charge is 0.395 e. The number of hydrogen-bond acceptors (Lipinski definition) is 3. The average molecular weight is 206 g/mol. The SMILES string of the molecule is N#CC[n+]1ccc(C(=O)NCCO)cc1. The highest BCUT2D eigenvalue weighted by Crippen LogP contribution is 1.94. The number of nitrogens with one attached hydrogen (secondary N) is 1. The lowest BCUT2D eigenvalue weighted by Crippen LogP contribution is -2.33. The van der Waals surface area contributed by atoms with E-state index in [1.54, 1.807) is 29.1 Å². The van der Waals surface area contributed by atoms with Crippen LogP contribution in [0.4, 0.5) is 0 Å². The molecule has 0 fully saturated rings. The summed E-state index contributed by atoms with van der Waals surface area (Å²) < 4.78 is 1.67. The molecule has 1 heterocycles. The van der Waals surface area contributed by atoms with Gasteiger partial charge in [0.15, 0.2) is 12.4 Å². The van der Waals surface area contributed by atoms with Gasteiger partial charge in [0.2, 0.25) is 6.54 Å². The van der Waals surface area contributed by atoms with Crippen molar-refractivity contribution in [1.29, 1.82) is 5.26 Å². The van der Waals surface area contributed by atoms with Crippen LogP contribution in [0.5, 0.6) is 0 Å². The van der Waals surface area contributed by atoms with E-state index in [0.29, 0.717) is 5.56 Å². The van der Waals surface area contributed by atoms with Gasteiger partial charge in [-0.3, -0.25) is 4.79 Å². The molecule has 15 heavy (non-hydrogen) atoms. The van der Waals surface area contributed by atoms with E-state index >= 15 is 0 Å². The van der Waals surface area contributed by atoms with Crippen molar-refractivity contribution in [1.82, 2.24) is 5.32 Å². The van der Waals surface area contributed by atoms with Crippen LogP contribution in [0.15, 0.2) is 24.5 Å². The number of carbonyl (C=O) groups is 1. The molecule has 0 aliphatic carbocycles. The van der Waals surface area contributed by atoms with E-state index in [-0.39, 0.29) is 25.6 Å². The number of hydrogen-bond donors (Lipinski definition) is 2. The van der Waals surface area contributed by atoms with Crippen molar-refractivity contribution < 1.29 is 14.5 Å². The highest BCUT2D eigenvalue weighted by molar-refractivity contribution is 5.93. The van der Waals surface area contributed by atoms with Gasteiger partial charge >= 0.3 is 0 Å². The fourth-order valence-corrected chi connectivity index (χ4v) is 1.07. The summed E-state index contributed by atoms with van der Waals surface area (Å²) in [5.41, 5.74) is 0.512. The monoisotopic (exact) mass is 206 g/mol. The van der Waals surface area contributed by atoms with Crippen molar-refractivity contribution in [3.05, 3.63) is 30.1 Å². The first kappa shape index (κ1) is 11.1. The Labute approximate surface area is 87.6 Å². The number of aliphatic hydroxyl groups is 1. The summed E-state index contributed by atoms with van der Waals surface area (Å²) >= 11 is 0. The topological polar surface area (TPSA) is 77.0 Å². The van der Waals surface area contributed by atoms with E-state index in [4.69, 9.17) is 10.4 Å². The van der Waals surface area contributed by atoms with Crippen LogP contribution in [0.3, 0.4) is 0 Å². The zero-order valence-electron chi connectivity index (χ0n) is 8.18. The maximum absolute atomic E-state index is 11.4. The molecule has 0 spiro atoms. The third kappa shape index (κ3) is 3.37. The van der Waals surface area contributed by atoms with Crippen LogP contribution in [-0.4, -0.2) is 24.2 Å². The molecule has 1 aromatic heterocycles. The molecule has 2 N–H and O–H groups in total. The second-order valence-corrected chi connectivity index (χ2v) is 2.90. The smallest absolute Gasteiger partial charge is 0.251 e. The Morgan fingerprint density at radius 1 is 1.53 bits per heavy atom. The lowest BCUT2D eigenvalue weighted by atomic mass is 10.2. The molecule has 0 bridgehead atoms. The Balaban J connectivity index is 2.63. The van der Waals surface area contributed by atoms with Gasteiger partial charge in [-0.15, -0.1) is 0 Å². The maximum atomic E-state index is 11.4. The number of aromatic nitrogens is 1. The summed E-state index contributed by atoms with van der Waals surface area (Å²) in [4.78, 5) is 11.4. The Kier molecular flexibility index (Phi) is 4.26. The molecule has 1 amide bonds. The van der Waals surface area contributed by atoms with Crippen molar-refractivity contribution in [2.75, 3.05) is 13.2 Å². The van der Waals surface area contributed by atoms with Crippen molar-refractivity contribution in [3.63, 3.8) is 0 Å². The molecule has 0 aliphatic rings. The fourth-order valence-electron chi connectivity index (χ4n) is 1.07. The summed E-state index contributed by atoms with van der Waals surface area (Å²) in [7, 11) is 0. The van der Waals surface area contributed by atoms with Gasteiger partial charge in [0.25, 0.3) is 5.91 Å². The molecule has 0 saturated heterocycles. The molecule has 1 rings (SSSR count). The van der Waals surface area contributed by atoms with E-state index < -0.39 is 0 Å². The molecule has 0 aliphatic heterocycles. The molecular formula is C10H12N3O2+. The number of pyridine rings is 1. The minimum absolute atomic E-state index is 0.0764. The molecule has 5 heteroatoms. The molecule has 0 aromatic carbocycles. The summed E-state index contributed by atoms with van der Waals surface area (Å²) in [5, 5.41) is 19.5. The molecule has 5 nitrogen and oxygen atoms in total. The molecule has 1 aromatic rings. The van der Waals surface area contributed by atoms with Crippen molar-refractivity contribution in [2.45, 2.75) is 6.54 Å². The average Bonchev–Trinajstić information content (AvgIpc) is 2.27. The van der Waals surface area contributed by atoms with E-state index in [0.717, 1.165) is 0 Å². The molecular weight excluding hydrogens is 194 g/mol. The zero-order chi connectivity index (χ0) is 11.1. The quantitative estimate of drug-likeness (QED) is 0.634. The van der Waals surface area contributed by atoms with Crippen molar-refractivity contribution >= 4 is 5.91 Å². The second-order valence-electron chi connectivity index (χ2n) is 2.90. The molecule has 78 valence electrons. The van der Waals surface area contributed by atoms with E-state index in [1.807, 2.05) is 6.07 Å². The highest BCUT2D eigenvalue weighted by atomic mass is 16.3. The van der Waals surface area contributed by atoms with Gasteiger partial charge in [-0.05, 0) is 0 Å². The van der Waals surface area contributed by atoms with Gasteiger partial charge in [-0.2, -0.15) is 9.83 Å². The number of nitrogens with zero attached hydrogens (tertiary/aromatic N) is 2. The first-order chi connectivity index (χ1) is 7.27. The lowest BCUT2D eigenvalue weighted by molar-refractivity contribution is -0.685. The van der Waals surface area contributed by atoms with E-state index in [9.17, 15) is 4.79 Å². The molecule has 0 unspecified atom stereocenters. The number of rotatable bonds is 4. The maximum Gasteiger partial charge on any atom is 0.251 e. The van der Waals surface area contributed by atoms with E-state index in [1.165, 1.54) is 0 Å². The molecule has 0 atom stereocenters. The van der Waals surface area contributed by atoms with Crippen LogP contribution >= 0.6 is 0 Å².